The number of likely N-dealkylation sites (tertiary alicyclic amines) is 1. The van der Waals surface area contributed by atoms with Crippen LogP contribution in [0.25, 0.3) is 0 Å². The number of carbonyl (C=O) groups excluding carboxylic acids is 2. The van der Waals surface area contributed by atoms with Gasteiger partial charge in [-0.05, 0) is 64.3 Å². The number of urea groups is 1. The molecule has 1 aliphatic heterocycles. The van der Waals surface area contributed by atoms with Crippen LogP contribution in [0, 0.1) is 0 Å². The summed E-state index contributed by atoms with van der Waals surface area (Å²) in [4.78, 5) is 26.2. The molecule has 0 aromatic heterocycles. The second-order valence-corrected chi connectivity index (χ2v) is 10.0. The fourth-order valence-electron chi connectivity index (χ4n) is 2.89. The van der Waals surface area contributed by atoms with Crippen molar-refractivity contribution in [1.82, 2.24) is 14.9 Å². The number of nitrogens with zero attached hydrogens (tertiary/aromatic N) is 1. The molecule has 9 heteroatoms. The molecule has 1 heterocycles. The normalized spacial score (nSPS) is 16.5. The summed E-state index contributed by atoms with van der Waals surface area (Å²) < 4.78 is 26.7. The number of rotatable bonds is 7. The first kappa shape index (κ1) is 23.2. The van der Waals surface area contributed by atoms with Crippen molar-refractivity contribution in [2.45, 2.75) is 64.3 Å². The zero-order chi connectivity index (χ0) is 21.6. The van der Waals surface area contributed by atoms with Crippen molar-refractivity contribution >= 4 is 27.6 Å². The van der Waals surface area contributed by atoms with Crippen LogP contribution in [0.4, 0.5) is 10.5 Å². The van der Waals surface area contributed by atoms with E-state index in [0.717, 1.165) is 6.42 Å². The third-order valence-corrected chi connectivity index (χ3v) is 7.03. The zero-order valence-electron chi connectivity index (χ0n) is 17.6. The molecule has 1 unspecified atom stereocenters. The number of amides is 3. The molecule has 0 bridgehead atoms. The number of carbonyl (C=O) groups is 2. The Bertz CT molecular complexity index is 800. The molecule has 1 aromatic rings. The largest absolute Gasteiger partial charge is 0.350 e. The fourth-order valence-corrected chi connectivity index (χ4v) is 3.86. The summed E-state index contributed by atoms with van der Waals surface area (Å²) >= 11 is 0. The first-order chi connectivity index (χ1) is 13.6. The molecule has 2 rings (SSSR count). The highest BCUT2D eigenvalue weighted by molar-refractivity contribution is 7.90. The van der Waals surface area contributed by atoms with Crippen LogP contribution in [0.1, 0.15) is 57.3 Å². The van der Waals surface area contributed by atoms with E-state index in [0.29, 0.717) is 37.2 Å². The summed E-state index contributed by atoms with van der Waals surface area (Å²) in [6.45, 7) is 8.20. The molecule has 0 saturated carbocycles. The van der Waals surface area contributed by atoms with E-state index in [4.69, 9.17) is 0 Å². The number of benzene rings is 1. The molecule has 1 fully saturated rings. The van der Waals surface area contributed by atoms with Gasteiger partial charge in [-0.15, -0.1) is 0 Å². The van der Waals surface area contributed by atoms with Crippen molar-refractivity contribution in [3.63, 3.8) is 0 Å². The van der Waals surface area contributed by atoms with Gasteiger partial charge < -0.3 is 15.5 Å². The van der Waals surface area contributed by atoms with Crippen LogP contribution in [0.3, 0.4) is 0 Å². The molecule has 0 radical (unpaired) electrons. The number of nitrogens with one attached hydrogen (secondary N) is 3. The Morgan fingerprint density at radius 2 is 1.69 bits per heavy atom. The average Bonchev–Trinajstić information content (AvgIpc) is 2.68. The van der Waals surface area contributed by atoms with Crippen molar-refractivity contribution in [2.75, 3.05) is 18.4 Å². The molecule has 1 aliphatic rings. The maximum Gasteiger partial charge on any atom is 0.321 e. The maximum atomic E-state index is 12.5. The van der Waals surface area contributed by atoms with E-state index >= 15 is 0 Å². The van der Waals surface area contributed by atoms with Gasteiger partial charge in [0.15, 0.2) is 0 Å². The number of hydrogen-bond donors (Lipinski definition) is 3. The van der Waals surface area contributed by atoms with Crippen LogP contribution >= 0.6 is 0 Å². The lowest BCUT2D eigenvalue weighted by molar-refractivity contribution is 0.0939. The molecule has 3 N–H and O–H groups in total. The molecule has 1 saturated heterocycles. The summed E-state index contributed by atoms with van der Waals surface area (Å²) in [5.41, 5.74) is 1.15. The summed E-state index contributed by atoms with van der Waals surface area (Å²) in [6, 6.07) is 6.50. The molecule has 1 atom stereocenters. The number of hydrogen-bond acceptors (Lipinski definition) is 4. The Labute approximate surface area is 173 Å². The Morgan fingerprint density at radius 3 is 2.21 bits per heavy atom. The highest BCUT2D eigenvalue weighted by Gasteiger charge is 2.27. The van der Waals surface area contributed by atoms with Crippen molar-refractivity contribution in [1.29, 1.82) is 0 Å². The first-order valence-electron chi connectivity index (χ1n) is 10.1. The van der Waals surface area contributed by atoms with Gasteiger partial charge in [0, 0.05) is 36.4 Å². The van der Waals surface area contributed by atoms with E-state index in [9.17, 15) is 18.0 Å². The van der Waals surface area contributed by atoms with Crippen LogP contribution in [-0.4, -0.2) is 55.7 Å². The predicted molar refractivity (Wildman–Crippen MR) is 114 cm³/mol. The Morgan fingerprint density at radius 1 is 1.10 bits per heavy atom. The standard InChI is InChI=1S/C20H32N4O4S/c1-5-15(4)21-19(25)16-6-8-17(9-7-16)22-20(26)24-12-10-18(11-13-24)23-29(27,28)14(2)3/h6-9,14-15,18,23H,5,10-13H2,1-4H3,(H,21,25)(H,22,26). The van der Waals surface area contributed by atoms with Crippen LogP contribution in [0.2, 0.25) is 0 Å². The predicted octanol–water partition coefficient (Wildman–Crippen LogP) is 2.54. The van der Waals surface area contributed by atoms with Gasteiger partial charge in [-0.25, -0.2) is 17.9 Å². The molecular formula is C20H32N4O4S. The molecule has 29 heavy (non-hydrogen) atoms. The second-order valence-electron chi connectivity index (χ2n) is 7.76. The van der Waals surface area contributed by atoms with Gasteiger partial charge in [-0.3, -0.25) is 4.79 Å². The summed E-state index contributed by atoms with van der Waals surface area (Å²) in [5, 5.41) is 5.26. The van der Waals surface area contributed by atoms with Crippen molar-refractivity contribution in [3.8, 4) is 0 Å². The van der Waals surface area contributed by atoms with E-state index in [2.05, 4.69) is 15.4 Å². The van der Waals surface area contributed by atoms with E-state index < -0.39 is 15.3 Å². The molecule has 1 aromatic carbocycles. The van der Waals surface area contributed by atoms with Gasteiger partial charge >= 0.3 is 6.03 Å². The highest BCUT2D eigenvalue weighted by Crippen LogP contribution is 2.15. The van der Waals surface area contributed by atoms with Gasteiger partial charge in [0.2, 0.25) is 10.0 Å². The minimum Gasteiger partial charge on any atom is -0.350 e. The Kier molecular flexibility index (Phi) is 8.04. The third-order valence-electron chi connectivity index (χ3n) is 5.12. The van der Waals surface area contributed by atoms with Crippen molar-refractivity contribution < 1.29 is 18.0 Å². The van der Waals surface area contributed by atoms with Crippen LogP contribution in [0.15, 0.2) is 24.3 Å². The van der Waals surface area contributed by atoms with E-state index in [-0.39, 0.29) is 24.0 Å². The van der Waals surface area contributed by atoms with E-state index in [1.54, 1.807) is 43.0 Å². The second kappa shape index (κ2) is 10.1. The molecule has 8 nitrogen and oxygen atoms in total. The number of anilines is 1. The number of piperidine rings is 1. The lowest BCUT2D eigenvalue weighted by atomic mass is 10.1. The van der Waals surface area contributed by atoms with Crippen molar-refractivity contribution in [2.24, 2.45) is 0 Å². The zero-order valence-corrected chi connectivity index (χ0v) is 18.4. The fraction of sp³-hybridized carbons (Fsp3) is 0.600. The lowest BCUT2D eigenvalue weighted by Crippen LogP contribution is -2.48. The smallest absolute Gasteiger partial charge is 0.321 e. The van der Waals surface area contributed by atoms with E-state index in [1.165, 1.54) is 0 Å². The summed E-state index contributed by atoms with van der Waals surface area (Å²) in [6.07, 6.45) is 2.01. The average molecular weight is 425 g/mol. The summed E-state index contributed by atoms with van der Waals surface area (Å²) in [7, 11) is -3.31. The quantitative estimate of drug-likeness (QED) is 0.625. The third kappa shape index (κ3) is 6.71. The van der Waals surface area contributed by atoms with Gasteiger partial charge in [0.1, 0.15) is 0 Å². The highest BCUT2D eigenvalue weighted by atomic mass is 32.2. The maximum absolute atomic E-state index is 12.5. The molecule has 0 spiro atoms. The topological polar surface area (TPSA) is 108 Å². The minimum absolute atomic E-state index is 0.106. The molecule has 0 aliphatic carbocycles. The lowest BCUT2D eigenvalue weighted by Gasteiger charge is -2.32. The SMILES string of the molecule is CCC(C)NC(=O)c1ccc(NC(=O)N2CCC(NS(=O)(=O)C(C)C)CC2)cc1. The van der Waals surface area contributed by atoms with E-state index in [1.807, 2.05) is 13.8 Å². The molecule has 3 amide bonds. The van der Waals surface area contributed by atoms with Gasteiger partial charge in [-0.1, -0.05) is 6.92 Å². The monoisotopic (exact) mass is 424 g/mol. The summed E-state index contributed by atoms with van der Waals surface area (Å²) in [5.74, 6) is -0.136. The molecule has 162 valence electrons. The minimum atomic E-state index is -3.31. The van der Waals surface area contributed by atoms with Crippen molar-refractivity contribution in [3.05, 3.63) is 29.8 Å². The molecular weight excluding hydrogens is 392 g/mol. The van der Waals surface area contributed by atoms with Gasteiger partial charge in [-0.2, -0.15) is 0 Å². The van der Waals surface area contributed by atoms with Crippen LogP contribution < -0.4 is 15.4 Å². The first-order valence-corrected chi connectivity index (χ1v) is 11.6. The number of sulfonamides is 1. The van der Waals surface area contributed by atoms with Crippen LogP contribution in [0.5, 0.6) is 0 Å². The van der Waals surface area contributed by atoms with Crippen LogP contribution in [-0.2, 0) is 10.0 Å². The van der Waals surface area contributed by atoms with Gasteiger partial charge in [0.05, 0.1) is 5.25 Å². The Balaban J connectivity index is 1.84. The van der Waals surface area contributed by atoms with Gasteiger partial charge in [0.25, 0.3) is 5.91 Å². The Hall–Kier alpha value is -2.13.